The maximum absolute atomic E-state index is 6.40. The summed E-state index contributed by atoms with van der Waals surface area (Å²) in [4.78, 5) is 2.56. The van der Waals surface area contributed by atoms with E-state index in [2.05, 4.69) is 24.0 Å². The fourth-order valence-corrected chi connectivity index (χ4v) is 3.85. The molecule has 0 saturated carbocycles. The molecule has 2 fully saturated rings. The molecule has 3 heteroatoms. The molecule has 2 atom stereocenters. The summed E-state index contributed by atoms with van der Waals surface area (Å²) in [6.07, 6.45) is 6.08. The number of fused-ring (bicyclic) bond motifs is 2. The molecule has 0 aliphatic carbocycles. The first-order valence-corrected chi connectivity index (χ1v) is 7.33. The van der Waals surface area contributed by atoms with Gasteiger partial charge in [0.05, 0.1) is 10.7 Å². The van der Waals surface area contributed by atoms with Gasteiger partial charge in [-0.25, -0.2) is 0 Å². The van der Waals surface area contributed by atoms with Crippen LogP contribution < -0.4 is 10.6 Å². The second-order valence-corrected chi connectivity index (χ2v) is 6.24. The molecular weight excluding hydrogens is 244 g/mol. The number of nitrogens with zero attached hydrogens (tertiary/aromatic N) is 1. The van der Waals surface area contributed by atoms with Crippen LogP contribution >= 0.6 is 11.6 Å². The summed E-state index contributed by atoms with van der Waals surface area (Å²) >= 11 is 6.40. The Bertz CT molecular complexity index is 432. The molecule has 0 amide bonds. The van der Waals surface area contributed by atoms with Gasteiger partial charge in [-0.3, -0.25) is 0 Å². The zero-order valence-electron chi connectivity index (χ0n) is 10.9. The topological polar surface area (TPSA) is 29.3 Å². The minimum atomic E-state index is 0.375. The average molecular weight is 265 g/mol. The van der Waals surface area contributed by atoms with Gasteiger partial charge in [-0.2, -0.15) is 0 Å². The number of anilines is 1. The minimum absolute atomic E-state index is 0.375. The van der Waals surface area contributed by atoms with Gasteiger partial charge in [0.15, 0.2) is 0 Å². The van der Waals surface area contributed by atoms with Crippen molar-refractivity contribution in [2.75, 3.05) is 4.90 Å². The monoisotopic (exact) mass is 264 g/mol. The Morgan fingerprint density at radius 1 is 1.22 bits per heavy atom. The molecule has 2 aliphatic rings. The van der Waals surface area contributed by atoms with E-state index < -0.39 is 0 Å². The van der Waals surface area contributed by atoms with Crippen molar-refractivity contribution in [1.82, 2.24) is 0 Å². The lowest BCUT2D eigenvalue weighted by Gasteiger charge is -2.50. The lowest BCUT2D eigenvalue weighted by atomic mass is 9.81. The highest BCUT2D eigenvalue weighted by Crippen LogP contribution is 2.40. The van der Waals surface area contributed by atoms with E-state index in [0.717, 1.165) is 17.9 Å². The molecule has 18 heavy (non-hydrogen) atoms. The number of aryl methyl sites for hydroxylation is 1. The molecule has 0 spiro atoms. The zero-order chi connectivity index (χ0) is 12.7. The van der Waals surface area contributed by atoms with E-state index in [1.807, 2.05) is 6.07 Å². The smallest absolute Gasteiger partial charge is 0.0639 e. The third-order valence-electron chi connectivity index (χ3n) is 4.39. The molecule has 1 aromatic rings. The Morgan fingerprint density at radius 2 is 1.89 bits per heavy atom. The first kappa shape index (κ1) is 12.3. The molecule has 0 aromatic heterocycles. The lowest BCUT2D eigenvalue weighted by molar-refractivity contribution is 0.271. The van der Waals surface area contributed by atoms with Gasteiger partial charge < -0.3 is 10.6 Å². The third kappa shape index (κ3) is 2.12. The Hall–Kier alpha value is -0.730. The van der Waals surface area contributed by atoms with Crippen molar-refractivity contribution >= 4 is 17.3 Å². The van der Waals surface area contributed by atoms with Crippen LogP contribution in [0.25, 0.3) is 0 Å². The Morgan fingerprint density at radius 3 is 2.56 bits per heavy atom. The first-order chi connectivity index (χ1) is 8.65. The number of benzene rings is 1. The van der Waals surface area contributed by atoms with Crippen molar-refractivity contribution < 1.29 is 0 Å². The van der Waals surface area contributed by atoms with E-state index in [9.17, 15) is 0 Å². The predicted octanol–water partition coefficient (Wildman–Crippen LogP) is 3.50. The average Bonchev–Trinajstić information content (AvgIpc) is 2.31. The van der Waals surface area contributed by atoms with Crippen molar-refractivity contribution in [2.45, 2.75) is 57.2 Å². The highest BCUT2D eigenvalue weighted by Gasteiger charge is 2.37. The van der Waals surface area contributed by atoms with Crippen LogP contribution in [0.15, 0.2) is 18.2 Å². The van der Waals surface area contributed by atoms with Crippen molar-refractivity contribution in [1.29, 1.82) is 0 Å². The van der Waals surface area contributed by atoms with E-state index in [1.54, 1.807) is 0 Å². The van der Waals surface area contributed by atoms with Gasteiger partial charge in [0, 0.05) is 18.1 Å². The molecule has 2 heterocycles. The van der Waals surface area contributed by atoms with Gasteiger partial charge in [0.2, 0.25) is 0 Å². The van der Waals surface area contributed by atoms with Crippen molar-refractivity contribution in [2.24, 2.45) is 5.73 Å². The van der Waals surface area contributed by atoms with E-state index in [0.29, 0.717) is 18.1 Å². The molecular formula is C15H21ClN2. The maximum Gasteiger partial charge on any atom is 0.0639 e. The third-order valence-corrected chi connectivity index (χ3v) is 4.71. The summed E-state index contributed by atoms with van der Waals surface area (Å²) in [5.41, 5.74) is 8.67. The Labute approximate surface area is 114 Å². The van der Waals surface area contributed by atoms with E-state index in [4.69, 9.17) is 17.3 Å². The minimum Gasteiger partial charge on any atom is -0.364 e. The quantitative estimate of drug-likeness (QED) is 0.841. The zero-order valence-corrected chi connectivity index (χ0v) is 11.7. The number of nitrogens with two attached hydrogens (primary N) is 1. The Kier molecular flexibility index (Phi) is 3.25. The second-order valence-electron chi connectivity index (χ2n) is 5.83. The molecule has 2 bridgehead atoms. The van der Waals surface area contributed by atoms with Crippen LogP contribution in [-0.4, -0.2) is 18.1 Å². The first-order valence-electron chi connectivity index (χ1n) is 6.95. The van der Waals surface area contributed by atoms with Crippen LogP contribution in [0.3, 0.4) is 0 Å². The summed E-state index contributed by atoms with van der Waals surface area (Å²) in [6.45, 7) is 2.13. The standard InChI is InChI=1S/C15H21ClN2/c1-10-5-6-14(16)15(7-10)18-12-3-2-4-13(18)9-11(17)8-12/h5-7,11-13H,2-4,8-9,17H2,1H3. The Balaban J connectivity index is 1.97. The van der Waals surface area contributed by atoms with E-state index in [1.165, 1.54) is 30.5 Å². The second kappa shape index (κ2) is 4.75. The molecule has 2 nitrogen and oxygen atoms in total. The van der Waals surface area contributed by atoms with Crippen LogP contribution in [0.1, 0.15) is 37.7 Å². The summed E-state index contributed by atoms with van der Waals surface area (Å²) in [5.74, 6) is 0. The van der Waals surface area contributed by atoms with E-state index in [-0.39, 0.29) is 0 Å². The van der Waals surface area contributed by atoms with Gasteiger partial charge in [-0.1, -0.05) is 17.7 Å². The molecule has 2 unspecified atom stereocenters. The summed E-state index contributed by atoms with van der Waals surface area (Å²) in [6, 6.07) is 7.89. The SMILES string of the molecule is Cc1ccc(Cl)c(N2C3CCCC2CC(N)C3)c1. The maximum atomic E-state index is 6.40. The normalized spacial score (nSPS) is 31.5. The molecule has 2 saturated heterocycles. The van der Waals surface area contributed by atoms with Crippen LogP contribution in [0.2, 0.25) is 5.02 Å². The fraction of sp³-hybridized carbons (Fsp3) is 0.600. The van der Waals surface area contributed by atoms with Gasteiger partial charge in [-0.05, 0) is 56.7 Å². The fourth-order valence-electron chi connectivity index (χ4n) is 3.64. The van der Waals surface area contributed by atoms with Crippen LogP contribution in [0.5, 0.6) is 0 Å². The van der Waals surface area contributed by atoms with Gasteiger partial charge >= 0.3 is 0 Å². The van der Waals surface area contributed by atoms with Gasteiger partial charge in [0.1, 0.15) is 0 Å². The lowest BCUT2D eigenvalue weighted by Crippen LogP contribution is -2.55. The molecule has 2 N–H and O–H groups in total. The largest absolute Gasteiger partial charge is 0.364 e. The van der Waals surface area contributed by atoms with Crippen LogP contribution in [-0.2, 0) is 0 Å². The van der Waals surface area contributed by atoms with Crippen molar-refractivity contribution in [3.8, 4) is 0 Å². The number of hydrogen-bond acceptors (Lipinski definition) is 2. The highest BCUT2D eigenvalue weighted by molar-refractivity contribution is 6.33. The van der Waals surface area contributed by atoms with Crippen molar-refractivity contribution in [3.05, 3.63) is 28.8 Å². The van der Waals surface area contributed by atoms with Crippen LogP contribution in [0.4, 0.5) is 5.69 Å². The summed E-state index contributed by atoms with van der Waals surface area (Å²) in [7, 11) is 0. The molecule has 1 aromatic carbocycles. The van der Waals surface area contributed by atoms with Gasteiger partial charge in [0.25, 0.3) is 0 Å². The summed E-state index contributed by atoms with van der Waals surface area (Å²) < 4.78 is 0. The molecule has 0 radical (unpaired) electrons. The highest BCUT2D eigenvalue weighted by atomic mass is 35.5. The van der Waals surface area contributed by atoms with Crippen molar-refractivity contribution in [3.63, 3.8) is 0 Å². The molecule has 98 valence electrons. The summed E-state index contributed by atoms with van der Waals surface area (Å²) in [5, 5.41) is 0.882. The molecule has 3 rings (SSSR count). The van der Waals surface area contributed by atoms with E-state index >= 15 is 0 Å². The number of piperidine rings is 2. The molecule has 2 aliphatic heterocycles. The van der Waals surface area contributed by atoms with Crippen LogP contribution in [0, 0.1) is 6.92 Å². The van der Waals surface area contributed by atoms with Gasteiger partial charge in [-0.15, -0.1) is 0 Å². The number of hydrogen-bond donors (Lipinski definition) is 1. The number of rotatable bonds is 1. The number of halogens is 1. The predicted molar refractivity (Wildman–Crippen MR) is 77.3 cm³/mol.